The van der Waals surface area contributed by atoms with Gasteiger partial charge in [-0.1, -0.05) is 0 Å². The van der Waals surface area contributed by atoms with Crippen molar-refractivity contribution in [3.05, 3.63) is 11.9 Å². The number of nitrogens with zero attached hydrogens (tertiary/aromatic N) is 3. The van der Waals surface area contributed by atoms with Crippen LogP contribution in [0.4, 0.5) is 5.69 Å². The fourth-order valence-electron chi connectivity index (χ4n) is 2.32. The Labute approximate surface area is 107 Å². The molecule has 0 aromatic carbocycles. The van der Waals surface area contributed by atoms with Gasteiger partial charge in [-0.05, 0) is 19.8 Å². The second kappa shape index (κ2) is 5.39. The van der Waals surface area contributed by atoms with Gasteiger partial charge in [0.2, 0.25) is 0 Å². The number of methoxy groups -OCH3 is 1. The second-order valence-electron chi connectivity index (χ2n) is 4.49. The Kier molecular flexibility index (Phi) is 3.86. The van der Waals surface area contributed by atoms with Crippen LogP contribution < -0.4 is 5.73 Å². The molecule has 1 amide bonds. The van der Waals surface area contributed by atoms with E-state index < -0.39 is 0 Å². The largest absolute Gasteiger partial charge is 0.396 e. The van der Waals surface area contributed by atoms with E-state index in [0.29, 0.717) is 31.0 Å². The quantitative estimate of drug-likeness (QED) is 0.861. The minimum Gasteiger partial charge on any atom is -0.396 e. The number of nitrogens with two attached hydrogens (primary N) is 1. The van der Waals surface area contributed by atoms with E-state index in [1.54, 1.807) is 18.0 Å². The maximum Gasteiger partial charge on any atom is 0.274 e. The van der Waals surface area contributed by atoms with Crippen molar-refractivity contribution in [1.29, 1.82) is 0 Å². The van der Waals surface area contributed by atoms with Crippen LogP contribution in [0.25, 0.3) is 0 Å². The zero-order valence-electron chi connectivity index (χ0n) is 10.9. The van der Waals surface area contributed by atoms with Gasteiger partial charge in [-0.15, -0.1) is 0 Å². The molecule has 6 heteroatoms. The molecule has 0 spiro atoms. The third kappa shape index (κ3) is 2.33. The molecule has 100 valence electrons. The lowest BCUT2D eigenvalue weighted by Gasteiger charge is -2.31. The highest BCUT2D eigenvalue weighted by Crippen LogP contribution is 2.18. The molecule has 1 aromatic rings. The van der Waals surface area contributed by atoms with Crippen molar-refractivity contribution >= 4 is 11.6 Å². The van der Waals surface area contributed by atoms with E-state index in [0.717, 1.165) is 12.8 Å². The summed E-state index contributed by atoms with van der Waals surface area (Å²) in [5.41, 5.74) is 6.78. The Bertz CT molecular complexity index is 422. The molecule has 0 aliphatic carbocycles. The van der Waals surface area contributed by atoms with Gasteiger partial charge in [0.1, 0.15) is 5.69 Å². The number of carbonyl (C=O) groups excluding carboxylic acids is 1. The molecule has 0 saturated carbocycles. The minimum absolute atomic E-state index is 0.0265. The van der Waals surface area contributed by atoms with Crippen LogP contribution in [0.2, 0.25) is 0 Å². The number of aryl methyl sites for hydroxylation is 1. The Hall–Kier alpha value is -1.56. The molecule has 2 heterocycles. The highest BCUT2D eigenvalue weighted by Gasteiger charge is 2.26. The molecule has 0 bridgehead atoms. The lowest BCUT2D eigenvalue weighted by Crippen LogP contribution is -2.41. The molecular weight excluding hydrogens is 232 g/mol. The summed E-state index contributed by atoms with van der Waals surface area (Å²) >= 11 is 0. The zero-order chi connectivity index (χ0) is 13.1. The molecule has 1 aromatic heterocycles. The Morgan fingerprint density at radius 2 is 2.22 bits per heavy atom. The van der Waals surface area contributed by atoms with Crippen LogP contribution >= 0.6 is 0 Å². The van der Waals surface area contributed by atoms with Gasteiger partial charge in [0.05, 0.1) is 18.0 Å². The van der Waals surface area contributed by atoms with Crippen LogP contribution in [0, 0.1) is 0 Å². The smallest absolute Gasteiger partial charge is 0.274 e. The number of piperidine rings is 1. The lowest BCUT2D eigenvalue weighted by molar-refractivity contribution is 0.0345. The van der Waals surface area contributed by atoms with Crippen molar-refractivity contribution in [2.24, 2.45) is 0 Å². The third-order valence-corrected chi connectivity index (χ3v) is 3.43. The highest BCUT2D eigenvalue weighted by molar-refractivity contribution is 5.97. The van der Waals surface area contributed by atoms with Crippen LogP contribution in [0.5, 0.6) is 0 Å². The summed E-state index contributed by atoms with van der Waals surface area (Å²) in [6, 6.07) is 0. The van der Waals surface area contributed by atoms with Crippen molar-refractivity contribution in [3.8, 4) is 0 Å². The molecular formula is C12H20N4O2. The normalized spacial score (nSPS) is 17.1. The Balaban J connectivity index is 2.10. The molecule has 0 atom stereocenters. The van der Waals surface area contributed by atoms with E-state index in [-0.39, 0.29) is 12.0 Å². The molecule has 6 nitrogen and oxygen atoms in total. The first kappa shape index (κ1) is 12.9. The predicted octanol–water partition coefficient (Wildman–Crippen LogP) is 0.736. The van der Waals surface area contributed by atoms with Crippen LogP contribution in [-0.2, 0) is 11.3 Å². The number of aromatic nitrogens is 2. The van der Waals surface area contributed by atoms with Crippen LogP contribution in [0.1, 0.15) is 30.3 Å². The van der Waals surface area contributed by atoms with Crippen LogP contribution in [0.15, 0.2) is 6.20 Å². The van der Waals surface area contributed by atoms with E-state index in [1.807, 2.05) is 11.8 Å². The third-order valence-electron chi connectivity index (χ3n) is 3.43. The average Bonchev–Trinajstić information content (AvgIpc) is 2.79. The van der Waals surface area contributed by atoms with E-state index in [9.17, 15) is 4.79 Å². The predicted molar refractivity (Wildman–Crippen MR) is 68.2 cm³/mol. The first-order valence-corrected chi connectivity index (χ1v) is 6.30. The molecule has 1 aliphatic heterocycles. The number of amides is 1. The van der Waals surface area contributed by atoms with E-state index in [2.05, 4.69) is 5.10 Å². The van der Waals surface area contributed by atoms with E-state index in [1.165, 1.54) is 0 Å². The standard InChI is InChI=1S/C12H20N4O2/c1-3-16-11(10(13)8-14-16)12(17)15-6-4-9(18-2)5-7-15/h8-9H,3-7,13H2,1-2H3. The fraction of sp³-hybridized carbons (Fsp3) is 0.667. The summed E-state index contributed by atoms with van der Waals surface area (Å²) in [6.45, 7) is 4.02. The number of anilines is 1. The summed E-state index contributed by atoms with van der Waals surface area (Å²) in [5.74, 6) is -0.0265. The molecule has 1 fully saturated rings. The number of rotatable bonds is 3. The van der Waals surface area contributed by atoms with Crippen molar-refractivity contribution in [2.45, 2.75) is 32.4 Å². The van der Waals surface area contributed by atoms with E-state index in [4.69, 9.17) is 10.5 Å². The van der Waals surface area contributed by atoms with Crippen molar-refractivity contribution in [1.82, 2.24) is 14.7 Å². The van der Waals surface area contributed by atoms with Gasteiger partial charge in [0, 0.05) is 26.7 Å². The van der Waals surface area contributed by atoms with E-state index >= 15 is 0 Å². The molecule has 2 rings (SSSR count). The molecule has 0 unspecified atom stereocenters. The lowest BCUT2D eigenvalue weighted by atomic mass is 10.1. The number of ether oxygens (including phenoxy) is 1. The molecule has 0 radical (unpaired) electrons. The average molecular weight is 252 g/mol. The van der Waals surface area contributed by atoms with Crippen molar-refractivity contribution in [2.75, 3.05) is 25.9 Å². The summed E-state index contributed by atoms with van der Waals surface area (Å²) in [7, 11) is 1.71. The van der Waals surface area contributed by atoms with Gasteiger partial charge in [0.15, 0.2) is 0 Å². The topological polar surface area (TPSA) is 73.4 Å². The summed E-state index contributed by atoms with van der Waals surface area (Å²) in [5, 5.41) is 4.10. The highest BCUT2D eigenvalue weighted by atomic mass is 16.5. The second-order valence-corrected chi connectivity index (χ2v) is 4.49. The SMILES string of the molecule is CCn1ncc(N)c1C(=O)N1CCC(OC)CC1. The first-order valence-electron chi connectivity index (χ1n) is 6.30. The van der Waals surface area contributed by atoms with Gasteiger partial charge in [-0.25, -0.2) is 0 Å². The Morgan fingerprint density at radius 3 is 2.78 bits per heavy atom. The summed E-state index contributed by atoms with van der Waals surface area (Å²) in [6.07, 6.45) is 3.56. The van der Waals surface area contributed by atoms with Crippen LogP contribution in [-0.4, -0.2) is 46.9 Å². The fourth-order valence-corrected chi connectivity index (χ4v) is 2.32. The molecule has 1 saturated heterocycles. The molecule has 1 aliphatic rings. The van der Waals surface area contributed by atoms with Gasteiger partial charge >= 0.3 is 0 Å². The molecule has 18 heavy (non-hydrogen) atoms. The maximum atomic E-state index is 12.4. The summed E-state index contributed by atoms with van der Waals surface area (Å²) in [4.78, 5) is 14.2. The van der Waals surface area contributed by atoms with Crippen molar-refractivity contribution in [3.63, 3.8) is 0 Å². The monoisotopic (exact) mass is 252 g/mol. The van der Waals surface area contributed by atoms with Gasteiger partial charge < -0.3 is 15.4 Å². The number of carbonyl (C=O) groups is 1. The summed E-state index contributed by atoms with van der Waals surface area (Å²) < 4.78 is 6.95. The number of hydrogen-bond acceptors (Lipinski definition) is 4. The maximum absolute atomic E-state index is 12.4. The van der Waals surface area contributed by atoms with Crippen LogP contribution in [0.3, 0.4) is 0 Å². The zero-order valence-corrected chi connectivity index (χ0v) is 10.9. The van der Waals surface area contributed by atoms with Gasteiger partial charge in [-0.2, -0.15) is 5.10 Å². The first-order chi connectivity index (χ1) is 8.67. The number of hydrogen-bond donors (Lipinski definition) is 1. The van der Waals surface area contributed by atoms with Crippen molar-refractivity contribution < 1.29 is 9.53 Å². The molecule has 2 N–H and O–H groups in total. The number of nitrogen functional groups attached to an aromatic ring is 1. The van der Waals surface area contributed by atoms with Gasteiger partial charge in [-0.3, -0.25) is 9.48 Å². The van der Waals surface area contributed by atoms with Gasteiger partial charge in [0.25, 0.3) is 5.91 Å². The number of likely N-dealkylation sites (tertiary alicyclic amines) is 1. The minimum atomic E-state index is -0.0265. The Morgan fingerprint density at radius 1 is 1.56 bits per heavy atom.